The summed E-state index contributed by atoms with van der Waals surface area (Å²) in [6.07, 6.45) is 1.72. The Morgan fingerprint density at radius 2 is 2.17 bits per heavy atom. The lowest BCUT2D eigenvalue weighted by Crippen LogP contribution is -2.33. The van der Waals surface area contributed by atoms with Crippen LogP contribution in [0.25, 0.3) is 22.2 Å². The molecule has 6 heteroatoms. The van der Waals surface area contributed by atoms with E-state index in [0.717, 1.165) is 40.9 Å². The number of ether oxygens (including phenoxy) is 2. The average Bonchev–Trinajstić information content (AvgIpc) is 3.07. The minimum atomic E-state index is -0.322. The zero-order valence-electron chi connectivity index (χ0n) is 13.3. The predicted molar refractivity (Wildman–Crippen MR) is 89.6 cm³/mol. The van der Waals surface area contributed by atoms with Gasteiger partial charge in [0.05, 0.1) is 13.7 Å². The van der Waals surface area contributed by atoms with Gasteiger partial charge < -0.3 is 19.8 Å². The number of rotatable bonds is 3. The van der Waals surface area contributed by atoms with Crippen LogP contribution in [-0.4, -0.2) is 36.8 Å². The Morgan fingerprint density at radius 3 is 2.96 bits per heavy atom. The molecular formula is C18H18FN3O2. The molecule has 1 aliphatic rings. The van der Waals surface area contributed by atoms with Gasteiger partial charge in [0.15, 0.2) is 0 Å². The topological polar surface area (TPSA) is 59.2 Å². The summed E-state index contributed by atoms with van der Waals surface area (Å²) in [4.78, 5) is 7.74. The third-order valence-electron chi connectivity index (χ3n) is 4.28. The molecule has 0 saturated carbocycles. The van der Waals surface area contributed by atoms with Crippen LogP contribution in [0.4, 0.5) is 4.39 Å². The van der Waals surface area contributed by atoms with E-state index in [1.165, 1.54) is 12.1 Å². The highest BCUT2D eigenvalue weighted by molar-refractivity contribution is 5.95. The molecule has 24 heavy (non-hydrogen) atoms. The van der Waals surface area contributed by atoms with Crippen LogP contribution in [0, 0.1) is 5.82 Å². The van der Waals surface area contributed by atoms with Crippen LogP contribution in [0.15, 0.2) is 36.5 Å². The molecule has 0 spiro atoms. The molecule has 0 aliphatic carbocycles. The SMILES string of the molecule is COc1cc(F)ccc1-c1ccnc2[nH]c([C@@H]3CNCCO3)cc12. The number of morpholine rings is 1. The number of hydrogen-bond acceptors (Lipinski definition) is 4. The second-order valence-corrected chi connectivity index (χ2v) is 5.75. The summed E-state index contributed by atoms with van der Waals surface area (Å²) in [5.74, 6) is 0.179. The first kappa shape index (κ1) is 15.1. The summed E-state index contributed by atoms with van der Waals surface area (Å²) in [7, 11) is 1.54. The maximum Gasteiger partial charge on any atom is 0.138 e. The average molecular weight is 327 g/mol. The van der Waals surface area contributed by atoms with Gasteiger partial charge in [0.2, 0.25) is 0 Å². The standard InChI is InChI=1S/C18H18FN3O2/c1-23-16-8-11(19)2-3-13(16)12-4-5-21-18-14(12)9-15(22-18)17-10-20-6-7-24-17/h2-5,8-9,17,20H,6-7,10H2,1H3,(H,21,22)/t17-/m0/s1. The monoisotopic (exact) mass is 327 g/mol. The molecule has 2 N–H and O–H groups in total. The normalized spacial score (nSPS) is 18.0. The first-order valence-corrected chi connectivity index (χ1v) is 7.90. The number of aromatic nitrogens is 2. The van der Waals surface area contributed by atoms with Crippen molar-refractivity contribution in [3.8, 4) is 16.9 Å². The molecule has 1 aromatic carbocycles. The Balaban J connectivity index is 1.83. The second-order valence-electron chi connectivity index (χ2n) is 5.75. The van der Waals surface area contributed by atoms with Gasteiger partial charge in [-0.1, -0.05) is 0 Å². The number of hydrogen-bond donors (Lipinski definition) is 2. The van der Waals surface area contributed by atoms with Crippen LogP contribution >= 0.6 is 0 Å². The zero-order valence-corrected chi connectivity index (χ0v) is 13.3. The second kappa shape index (κ2) is 6.22. The highest BCUT2D eigenvalue weighted by Crippen LogP contribution is 2.36. The lowest BCUT2D eigenvalue weighted by Gasteiger charge is -2.22. The minimum Gasteiger partial charge on any atom is -0.496 e. The smallest absolute Gasteiger partial charge is 0.138 e. The Bertz CT molecular complexity index is 872. The largest absolute Gasteiger partial charge is 0.496 e. The molecule has 1 fully saturated rings. The van der Waals surface area contributed by atoms with Crippen molar-refractivity contribution in [2.45, 2.75) is 6.10 Å². The molecular weight excluding hydrogens is 309 g/mol. The van der Waals surface area contributed by atoms with E-state index in [0.29, 0.717) is 12.4 Å². The van der Waals surface area contributed by atoms with Gasteiger partial charge in [0.1, 0.15) is 23.3 Å². The maximum atomic E-state index is 13.5. The predicted octanol–water partition coefficient (Wildman–Crippen LogP) is 3.04. The van der Waals surface area contributed by atoms with Gasteiger partial charge in [-0.2, -0.15) is 0 Å². The van der Waals surface area contributed by atoms with Crippen LogP contribution in [0.5, 0.6) is 5.75 Å². The summed E-state index contributed by atoms with van der Waals surface area (Å²) in [5.41, 5.74) is 3.55. The zero-order chi connectivity index (χ0) is 16.5. The van der Waals surface area contributed by atoms with E-state index >= 15 is 0 Å². The number of benzene rings is 1. The number of aromatic amines is 1. The van der Waals surface area contributed by atoms with Gasteiger partial charge in [0, 0.05) is 42.0 Å². The van der Waals surface area contributed by atoms with Crippen molar-refractivity contribution in [1.29, 1.82) is 0 Å². The van der Waals surface area contributed by atoms with Gasteiger partial charge in [-0.05, 0) is 29.8 Å². The molecule has 0 amide bonds. The fourth-order valence-electron chi connectivity index (χ4n) is 3.11. The molecule has 1 atom stereocenters. The number of nitrogens with one attached hydrogen (secondary N) is 2. The van der Waals surface area contributed by atoms with Gasteiger partial charge in [-0.15, -0.1) is 0 Å². The number of halogens is 1. The summed E-state index contributed by atoms with van der Waals surface area (Å²) in [6.45, 7) is 2.32. The van der Waals surface area contributed by atoms with Gasteiger partial charge in [-0.25, -0.2) is 9.37 Å². The van der Waals surface area contributed by atoms with Crippen molar-refractivity contribution in [3.05, 3.63) is 48.0 Å². The van der Waals surface area contributed by atoms with Crippen LogP contribution in [-0.2, 0) is 4.74 Å². The Morgan fingerprint density at radius 1 is 1.25 bits per heavy atom. The number of nitrogens with zero attached hydrogens (tertiary/aromatic N) is 1. The molecule has 124 valence electrons. The molecule has 2 aromatic heterocycles. The van der Waals surface area contributed by atoms with E-state index in [1.54, 1.807) is 19.4 Å². The molecule has 4 rings (SSSR count). The Kier molecular flexibility index (Phi) is 3.92. The van der Waals surface area contributed by atoms with Gasteiger partial charge >= 0.3 is 0 Å². The lowest BCUT2D eigenvalue weighted by atomic mass is 10.0. The first-order chi connectivity index (χ1) is 11.8. The summed E-state index contributed by atoms with van der Waals surface area (Å²) >= 11 is 0. The third kappa shape index (κ3) is 2.64. The van der Waals surface area contributed by atoms with Crippen LogP contribution in [0.3, 0.4) is 0 Å². The van der Waals surface area contributed by atoms with Crippen LogP contribution < -0.4 is 10.1 Å². The van der Waals surface area contributed by atoms with E-state index in [9.17, 15) is 4.39 Å². The van der Waals surface area contributed by atoms with Crippen molar-refractivity contribution in [2.75, 3.05) is 26.8 Å². The summed E-state index contributed by atoms with van der Waals surface area (Å²) in [5, 5.41) is 4.29. The van der Waals surface area contributed by atoms with Crippen molar-refractivity contribution in [1.82, 2.24) is 15.3 Å². The number of methoxy groups -OCH3 is 1. The molecule has 3 heterocycles. The molecule has 0 radical (unpaired) electrons. The van der Waals surface area contributed by atoms with Gasteiger partial charge in [-0.3, -0.25) is 0 Å². The van der Waals surface area contributed by atoms with E-state index in [4.69, 9.17) is 9.47 Å². The lowest BCUT2D eigenvalue weighted by molar-refractivity contribution is 0.0255. The van der Waals surface area contributed by atoms with Crippen LogP contribution in [0.2, 0.25) is 0 Å². The first-order valence-electron chi connectivity index (χ1n) is 7.90. The number of pyridine rings is 1. The Hall–Kier alpha value is -2.44. The number of H-pyrrole nitrogens is 1. The quantitative estimate of drug-likeness (QED) is 0.776. The molecule has 1 saturated heterocycles. The molecule has 0 unspecified atom stereocenters. The molecule has 0 bridgehead atoms. The minimum absolute atomic E-state index is 0.0177. The van der Waals surface area contributed by atoms with Crippen molar-refractivity contribution in [3.63, 3.8) is 0 Å². The van der Waals surface area contributed by atoms with Crippen molar-refractivity contribution >= 4 is 11.0 Å². The van der Waals surface area contributed by atoms with E-state index in [1.807, 2.05) is 6.07 Å². The van der Waals surface area contributed by atoms with E-state index in [-0.39, 0.29) is 11.9 Å². The highest BCUT2D eigenvalue weighted by Gasteiger charge is 2.20. The van der Waals surface area contributed by atoms with Gasteiger partial charge in [0.25, 0.3) is 0 Å². The fourth-order valence-corrected chi connectivity index (χ4v) is 3.11. The highest BCUT2D eigenvalue weighted by atomic mass is 19.1. The van der Waals surface area contributed by atoms with Crippen molar-refractivity contribution < 1.29 is 13.9 Å². The Labute approximate surface area is 138 Å². The van der Waals surface area contributed by atoms with Crippen LogP contribution in [0.1, 0.15) is 11.8 Å². The van der Waals surface area contributed by atoms with E-state index in [2.05, 4.69) is 21.4 Å². The summed E-state index contributed by atoms with van der Waals surface area (Å²) < 4.78 is 24.6. The molecule has 3 aromatic rings. The van der Waals surface area contributed by atoms with Crippen molar-refractivity contribution in [2.24, 2.45) is 0 Å². The molecule has 1 aliphatic heterocycles. The molecule has 5 nitrogen and oxygen atoms in total. The third-order valence-corrected chi connectivity index (χ3v) is 4.28. The fraction of sp³-hybridized carbons (Fsp3) is 0.278. The maximum absolute atomic E-state index is 13.5. The number of fused-ring (bicyclic) bond motifs is 1. The van der Waals surface area contributed by atoms with E-state index < -0.39 is 0 Å². The summed E-state index contributed by atoms with van der Waals surface area (Å²) in [6, 6.07) is 8.53.